The third-order valence-electron chi connectivity index (χ3n) is 4.78. The Morgan fingerprint density at radius 2 is 1.97 bits per heavy atom. The monoisotopic (exact) mass is 420 g/mol. The Bertz CT molecular complexity index is 910. The molecule has 3 rings (SSSR count). The summed E-state index contributed by atoms with van der Waals surface area (Å²) in [7, 11) is 3.10. The van der Waals surface area contributed by atoms with Crippen molar-refractivity contribution < 1.29 is 39.4 Å². The van der Waals surface area contributed by atoms with E-state index in [2.05, 4.69) is 5.10 Å². The van der Waals surface area contributed by atoms with Gasteiger partial charge in [0.05, 0.1) is 13.7 Å². The zero-order valence-corrected chi connectivity index (χ0v) is 16.5. The van der Waals surface area contributed by atoms with Gasteiger partial charge in [0.25, 0.3) is 0 Å². The van der Waals surface area contributed by atoms with Crippen LogP contribution in [0.15, 0.2) is 36.5 Å². The highest BCUT2D eigenvalue weighted by molar-refractivity contribution is 6.05. The average molecular weight is 420 g/mol. The molecule has 162 valence electrons. The van der Waals surface area contributed by atoms with Crippen LogP contribution in [-0.4, -0.2) is 80.4 Å². The zero-order chi connectivity index (χ0) is 21.8. The lowest BCUT2D eigenvalue weighted by molar-refractivity contribution is -0.277. The molecule has 5 atom stereocenters. The van der Waals surface area contributed by atoms with Crippen LogP contribution in [0.3, 0.4) is 0 Å². The summed E-state index contributed by atoms with van der Waals surface area (Å²) in [6.45, 7) is -0.559. The highest BCUT2D eigenvalue weighted by Crippen LogP contribution is 2.32. The number of aliphatic hydroxyl groups is 4. The second kappa shape index (κ2) is 9.37. The van der Waals surface area contributed by atoms with E-state index in [0.717, 1.165) is 0 Å². The smallest absolute Gasteiger partial charge is 0.229 e. The molecule has 1 aromatic carbocycles. The van der Waals surface area contributed by atoms with Crippen LogP contribution in [0.1, 0.15) is 16.1 Å². The highest BCUT2D eigenvalue weighted by Gasteiger charge is 2.44. The quantitative estimate of drug-likeness (QED) is 0.344. The first-order chi connectivity index (χ1) is 14.3. The van der Waals surface area contributed by atoms with Crippen LogP contribution in [-0.2, 0) is 11.8 Å². The number of aryl methyl sites for hydroxylation is 1. The van der Waals surface area contributed by atoms with Crippen LogP contribution in [0.2, 0.25) is 0 Å². The van der Waals surface area contributed by atoms with Crippen molar-refractivity contribution in [1.29, 1.82) is 0 Å². The lowest BCUT2D eigenvalue weighted by atomic mass is 9.99. The standard InChI is InChI=1S/C20H24N2O8/c1-22-12(7-8-21-22)13(24)5-3-11-4-6-14(15(9-11)28-2)29-20-19(27)18(26)17(25)16(10-23)30-20/h3-9,16-20,23,25-27H,10H2,1-2H3/t16-,17+,18+,19-,20-/m1/s1. The van der Waals surface area contributed by atoms with E-state index in [1.165, 1.54) is 24.1 Å². The first kappa shape index (κ1) is 21.9. The molecule has 1 saturated heterocycles. The fourth-order valence-electron chi connectivity index (χ4n) is 3.05. The summed E-state index contributed by atoms with van der Waals surface area (Å²) in [5.41, 5.74) is 1.10. The Hall–Kier alpha value is -2.76. The maximum absolute atomic E-state index is 12.2. The molecule has 1 fully saturated rings. The Kier molecular flexibility index (Phi) is 6.85. The van der Waals surface area contributed by atoms with Crippen molar-refractivity contribution in [2.75, 3.05) is 13.7 Å². The van der Waals surface area contributed by atoms with Crippen LogP contribution >= 0.6 is 0 Å². The van der Waals surface area contributed by atoms with Crippen molar-refractivity contribution in [3.8, 4) is 11.5 Å². The number of nitrogens with zero attached hydrogens (tertiary/aromatic N) is 2. The van der Waals surface area contributed by atoms with Gasteiger partial charge in [0, 0.05) is 13.2 Å². The molecule has 0 saturated carbocycles. The number of methoxy groups -OCH3 is 1. The first-order valence-electron chi connectivity index (χ1n) is 9.21. The fourth-order valence-corrected chi connectivity index (χ4v) is 3.05. The number of allylic oxidation sites excluding steroid dienone is 1. The van der Waals surface area contributed by atoms with Gasteiger partial charge in [0.1, 0.15) is 30.1 Å². The zero-order valence-electron chi connectivity index (χ0n) is 16.5. The van der Waals surface area contributed by atoms with Gasteiger partial charge in [-0.05, 0) is 29.8 Å². The molecule has 1 aromatic heterocycles. The van der Waals surface area contributed by atoms with E-state index < -0.39 is 37.3 Å². The lowest BCUT2D eigenvalue weighted by Crippen LogP contribution is -2.60. The van der Waals surface area contributed by atoms with Crippen LogP contribution in [0.5, 0.6) is 11.5 Å². The number of aromatic nitrogens is 2. The van der Waals surface area contributed by atoms with E-state index in [9.17, 15) is 25.2 Å². The predicted octanol–water partition coefficient (Wildman–Crippen LogP) is -0.497. The molecular weight excluding hydrogens is 396 g/mol. The van der Waals surface area contributed by atoms with E-state index in [1.807, 2.05) is 0 Å². The molecule has 0 amide bonds. The molecule has 0 unspecified atom stereocenters. The van der Waals surface area contributed by atoms with E-state index in [0.29, 0.717) is 17.0 Å². The molecule has 0 aliphatic carbocycles. The molecule has 4 N–H and O–H groups in total. The normalized spacial score (nSPS) is 26.7. The molecule has 1 aliphatic rings. The first-order valence-corrected chi connectivity index (χ1v) is 9.21. The molecule has 30 heavy (non-hydrogen) atoms. The van der Waals surface area contributed by atoms with E-state index >= 15 is 0 Å². The number of benzene rings is 1. The Morgan fingerprint density at radius 1 is 1.20 bits per heavy atom. The summed E-state index contributed by atoms with van der Waals surface area (Å²) in [5, 5.41) is 43.1. The number of ketones is 1. The maximum Gasteiger partial charge on any atom is 0.229 e. The third kappa shape index (κ3) is 4.53. The molecular formula is C20H24N2O8. The summed E-state index contributed by atoms with van der Waals surface area (Å²) in [4.78, 5) is 12.2. The van der Waals surface area contributed by atoms with Crippen molar-refractivity contribution in [2.45, 2.75) is 30.7 Å². The Labute approximate surface area is 172 Å². The molecule has 10 nitrogen and oxygen atoms in total. The highest BCUT2D eigenvalue weighted by atomic mass is 16.7. The number of hydrogen-bond donors (Lipinski definition) is 4. The van der Waals surface area contributed by atoms with Crippen LogP contribution in [0.4, 0.5) is 0 Å². The molecule has 2 heterocycles. The number of carbonyl (C=O) groups is 1. The minimum absolute atomic E-state index is 0.206. The van der Waals surface area contributed by atoms with Crippen molar-refractivity contribution in [1.82, 2.24) is 9.78 Å². The number of rotatable bonds is 7. The average Bonchev–Trinajstić information content (AvgIpc) is 3.18. The van der Waals surface area contributed by atoms with Gasteiger partial charge in [-0.3, -0.25) is 9.48 Å². The predicted molar refractivity (Wildman–Crippen MR) is 104 cm³/mol. The molecule has 10 heteroatoms. The summed E-state index contributed by atoms with van der Waals surface area (Å²) in [5.74, 6) is 0.287. The van der Waals surface area contributed by atoms with Crippen LogP contribution < -0.4 is 9.47 Å². The minimum Gasteiger partial charge on any atom is -0.493 e. The topological polar surface area (TPSA) is 144 Å². The van der Waals surface area contributed by atoms with E-state index in [4.69, 9.17) is 14.2 Å². The van der Waals surface area contributed by atoms with Crippen molar-refractivity contribution in [3.63, 3.8) is 0 Å². The summed E-state index contributed by atoms with van der Waals surface area (Å²) >= 11 is 0. The molecule has 0 radical (unpaired) electrons. The molecule has 0 spiro atoms. The van der Waals surface area contributed by atoms with Crippen LogP contribution in [0, 0.1) is 0 Å². The van der Waals surface area contributed by atoms with Crippen LogP contribution in [0.25, 0.3) is 6.08 Å². The number of hydrogen-bond acceptors (Lipinski definition) is 9. The van der Waals surface area contributed by atoms with Gasteiger partial charge in [-0.15, -0.1) is 0 Å². The fraction of sp³-hybridized carbons (Fsp3) is 0.400. The third-order valence-corrected chi connectivity index (χ3v) is 4.78. The van der Waals surface area contributed by atoms with Gasteiger partial charge in [-0.1, -0.05) is 12.1 Å². The van der Waals surface area contributed by atoms with Gasteiger partial charge < -0.3 is 34.6 Å². The second-order valence-corrected chi connectivity index (χ2v) is 6.76. The summed E-state index contributed by atoms with van der Waals surface area (Å²) < 4.78 is 17.7. The molecule has 1 aliphatic heterocycles. The Morgan fingerprint density at radius 3 is 2.60 bits per heavy atom. The van der Waals surface area contributed by atoms with Gasteiger partial charge in [-0.25, -0.2) is 0 Å². The lowest BCUT2D eigenvalue weighted by Gasteiger charge is -2.39. The Balaban J connectivity index is 1.75. The number of carbonyl (C=O) groups excluding carboxylic acids is 1. The van der Waals surface area contributed by atoms with Crippen molar-refractivity contribution in [3.05, 3.63) is 47.8 Å². The van der Waals surface area contributed by atoms with Gasteiger partial charge in [-0.2, -0.15) is 5.10 Å². The van der Waals surface area contributed by atoms with E-state index in [-0.39, 0.29) is 11.5 Å². The summed E-state index contributed by atoms with van der Waals surface area (Å²) in [6, 6.07) is 6.44. The van der Waals surface area contributed by atoms with Gasteiger partial charge >= 0.3 is 0 Å². The largest absolute Gasteiger partial charge is 0.493 e. The summed E-state index contributed by atoms with van der Waals surface area (Å²) in [6.07, 6.45) is -2.43. The maximum atomic E-state index is 12.2. The number of ether oxygens (including phenoxy) is 3. The van der Waals surface area contributed by atoms with E-state index in [1.54, 1.807) is 37.4 Å². The van der Waals surface area contributed by atoms with Gasteiger partial charge in [0.15, 0.2) is 11.5 Å². The molecule has 2 aromatic rings. The van der Waals surface area contributed by atoms with Crippen molar-refractivity contribution >= 4 is 11.9 Å². The van der Waals surface area contributed by atoms with Crippen molar-refractivity contribution in [2.24, 2.45) is 7.05 Å². The SMILES string of the molecule is COc1cc(C=CC(=O)c2ccnn2C)ccc1O[C@@H]1O[C@H](CO)[C@H](O)[C@H](O)[C@H]1O. The second-order valence-electron chi connectivity index (χ2n) is 6.76. The number of aliphatic hydroxyl groups excluding tert-OH is 4. The minimum atomic E-state index is -1.55. The van der Waals surface area contributed by atoms with Gasteiger partial charge in [0.2, 0.25) is 12.1 Å². The molecule has 0 bridgehead atoms.